The highest BCUT2D eigenvalue weighted by Crippen LogP contribution is 2.31. The molecule has 1 aliphatic heterocycles. The summed E-state index contributed by atoms with van der Waals surface area (Å²) in [5, 5.41) is 13.8. The van der Waals surface area contributed by atoms with Gasteiger partial charge in [-0.3, -0.25) is 9.59 Å². The van der Waals surface area contributed by atoms with Crippen molar-refractivity contribution < 1.29 is 19.1 Å². The highest BCUT2D eigenvalue weighted by atomic mass is 19.1. The van der Waals surface area contributed by atoms with E-state index in [1.165, 1.54) is 6.07 Å². The van der Waals surface area contributed by atoms with E-state index in [1.807, 2.05) is 13.8 Å². The van der Waals surface area contributed by atoms with Gasteiger partial charge in [0.2, 0.25) is 0 Å². The summed E-state index contributed by atoms with van der Waals surface area (Å²) in [6.45, 7) is 4.56. The number of carbonyl (C=O) groups excluding carboxylic acids is 1. The summed E-state index contributed by atoms with van der Waals surface area (Å²) in [6.07, 6.45) is 2.88. The lowest BCUT2D eigenvalue weighted by atomic mass is 9.87. The summed E-state index contributed by atoms with van der Waals surface area (Å²) in [7, 11) is 0. The molecule has 1 fully saturated rings. The maximum absolute atomic E-state index is 14.4. The number of carboxylic acids is 1. The fraction of sp³-hybridized carbons (Fsp3) is 0.476. The molecule has 2 heterocycles. The first-order chi connectivity index (χ1) is 13.4. The number of benzene rings is 1. The van der Waals surface area contributed by atoms with Crippen LogP contribution in [0.3, 0.4) is 0 Å². The number of carbonyl (C=O) groups is 2. The van der Waals surface area contributed by atoms with E-state index < -0.39 is 11.9 Å². The van der Waals surface area contributed by atoms with Crippen LogP contribution in [-0.4, -0.2) is 44.8 Å². The molecule has 1 aromatic heterocycles. The number of likely N-dealkylation sites (tertiary alicyclic amines) is 1. The van der Waals surface area contributed by atoms with Gasteiger partial charge in [-0.1, -0.05) is 13.0 Å². The molecule has 2 atom stereocenters. The average Bonchev–Trinajstić information content (AvgIpc) is 3.25. The molecule has 7 heteroatoms. The maximum Gasteiger partial charge on any atom is 0.306 e. The monoisotopic (exact) mass is 385 g/mol. The Labute approximate surface area is 163 Å². The molecule has 1 aromatic carbocycles. The van der Waals surface area contributed by atoms with E-state index >= 15 is 0 Å². The highest BCUT2D eigenvalue weighted by Gasteiger charge is 2.36. The number of nitrogens with zero attached hydrogens (tertiary/aromatic N) is 3. The molecule has 0 spiro atoms. The number of carboxylic acid groups (broad SMARTS) is 1. The van der Waals surface area contributed by atoms with E-state index in [4.69, 9.17) is 0 Å². The van der Waals surface area contributed by atoms with Crippen molar-refractivity contribution >= 4 is 11.9 Å². The molecule has 6 nitrogen and oxygen atoms in total. The van der Waals surface area contributed by atoms with Crippen molar-refractivity contribution in [1.29, 1.82) is 0 Å². The van der Waals surface area contributed by atoms with Gasteiger partial charge in [-0.05, 0) is 56.2 Å². The first kappa shape index (κ1) is 18.7. The summed E-state index contributed by atoms with van der Waals surface area (Å²) in [6, 6.07) is 4.88. The zero-order valence-corrected chi connectivity index (χ0v) is 16.1. The molecule has 1 N–H and O–H groups in total. The minimum absolute atomic E-state index is 0.112. The van der Waals surface area contributed by atoms with E-state index in [2.05, 4.69) is 5.10 Å². The predicted octanol–water partition coefficient (Wildman–Crippen LogP) is 2.99. The third kappa shape index (κ3) is 3.08. The lowest BCUT2D eigenvalue weighted by molar-refractivity contribution is -0.145. The van der Waals surface area contributed by atoms with Crippen molar-refractivity contribution in [1.82, 2.24) is 14.7 Å². The van der Waals surface area contributed by atoms with Gasteiger partial charge in [-0.15, -0.1) is 0 Å². The Hall–Kier alpha value is -2.70. The number of aromatic nitrogens is 2. The minimum atomic E-state index is -0.806. The van der Waals surface area contributed by atoms with Crippen LogP contribution in [0.4, 0.5) is 4.39 Å². The highest BCUT2D eigenvalue weighted by molar-refractivity contribution is 5.94. The van der Waals surface area contributed by atoms with Crippen molar-refractivity contribution in [2.45, 2.75) is 39.5 Å². The van der Waals surface area contributed by atoms with Gasteiger partial charge in [-0.25, -0.2) is 9.07 Å². The lowest BCUT2D eigenvalue weighted by Gasteiger charge is -2.34. The second-order valence-electron chi connectivity index (χ2n) is 7.96. The van der Waals surface area contributed by atoms with Crippen LogP contribution in [0.25, 0.3) is 5.69 Å². The summed E-state index contributed by atoms with van der Waals surface area (Å²) in [5.74, 6) is -1.88. The van der Waals surface area contributed by atoms with Crippen LogP contribution in [0, 0.1) is 24.6 Å². The topological polar surface area (TPSA) is 75.4 Å². The molecule has 1 saturated heterocycles. The van der Waals surface area contributed by atoms with Crippen molar-refractivity contribution in [3.63, 3.8) is 0 Å². The molecular formula is C21H24FN3O3. The standard InChI is InChI=1S/C21H24FN3O3/c1-12-6-7-16(22)18(10-12)25-17-5-3-4-15(17)19(23-25)20(26)24-9-8-14(21(27)28)13(2)11-24/h6-7,10,13-14H,3-5,8-9,11H2,1-2H3,(H,27,28). The number of aryl methyl sites for hydroxylation is 1. The van der Waals surface area contributed by atoms with E-state index in [0.717, 1.165) is 36.1 Å². The molecule has 4 rings (SSSR count). The summed E-state index contributed by atoms with van der Waals surface area (Å²) >= 11 is 0. The smallest absolute Gasteiger partial charge is 0.306 e. The zero-order valence-electron chi connectivity index (χ0n) is 16.1. The largest absolute Gasteiger partial charge is 0.481 e. The molecule has 2 aromatic rings. The Balaban J connectivity index is 1.67. The van der Waals surface area contributed by atoms with E-state index in [9.17, 15) is 19.1 Å². The number of fused-ring (bicyclic) bond motifs is 1. The van der Waals surface area contributed by atoms with Gasteiger partial charge in [-0.2, -0.15) is 5.10 Å². The van der Waals surface area contributed by atoms with Gasteiger partial charge in [0.15, 0.2) is 5.69 Å². The molecule has 0 saturated carbocycles. The van der Waals surface area contributed by atoms with Crippen LogP contribution < -0.4 is 0 Å². The Kier molecular flexibility index (Phi) is 4.69. The Morgan fingerprint density at radius 1 is 1.29 bits per heavy atom. The van der Waals surface area contributed by atoms with Gasteiger partial charge in [0.1, 0.15) is 11.5 Å². The first-order valence-corrected chi connectivity index (χ1v) is 9.76. The molecule has 1 amide bonds. The van der Waals surface area contributed by atoms with Crippen molar-refractivity contribution in [2.24, 2.45) is 11.8 Å². The van der Waals surface area contributed by atoms with E-state index in [-0.39, 0.29) is 17.6 Å². The fourth-order valence-electron chi connectivity index (χ4n) is 4.44. The molecule has 148 valence electrons. The molecule has 2 unspecified atom stereocenters. The van der Waals surface area contributed by atoms with E-state index in [1.54, 1.807) is 21.7 Å². The Morgan fingerprint density at radius 3 is 2.79 bits per heavy atom. The summed E-state index contributed by atoms with van der Waals surface area (Å²) in [5.41, 5.74) is 3.49. The Bertz CT molecular complexity index is 953. The number of hydrogen-bond acceptors (Lipinski definition) is 3. The lowest BCUT2D eigenvalue weighted by Crippen LogP contribution is -2.45. The van der Waals surface area contributed by atoms with Crippen molar-refractivity contribution in [3.05, 3.63) is 46.5 Å². The normalized spacial score (nSPS) is 21.6. The molecular weight excluding hydrogens is 361 g/mol. The summed E-state index contributed by atoms with van der Waals surface area (Å²) in [4.78, 5) is 26.2. The average molecular weight is 385 g/mol. The SMILES string of the molecule is Cc1ccc(F)c(-n2nc(C(=O)N3CCC(C(=O)O)C(C)C3)c3c2CCC3)c1. The van der Waals surface area contributed by atoms with Gasteiger partial charge in [0.25, 0.3) is 5.91 Å². The molecule has 2 aliphatic rings. The third-order valence-electron chi connectivity index (χ3n) is 5.97. The van der Waals surface area contributed by atoms with Crippen LogP contribution >= 0.6 is 0 Å². The fourth-order valence-corrected chi connectivity index (χ4v) is 4.44. The third-order valence-corrected chi connectivity index (χ3v) is 5.97. The number of amides is 1. The van der Waals surface area contributed by atoms with Gasteiger partial charge < -0.3 is 10.0 Å². The molecule has 0 radical (unpaired) electrons. The van der Waals surface area contributed by atoms with Crippen LogP contribution in [0.2, 0.25) is 0 Å². The Morgan fingerprint density at radius 2 is 2.07 bits per heavy atom. The van der Waals surface area contributed by atoms with Crippen LogP contribution in [0.15, 0.2) is 18.2 Å². The number of hydrogen-bond donors (Lipinski definition) is 1. The second-order valence-corrected chi connectivity index (χ2v) is 7.96. The number of piperidine rings is 1. The van der Waals surface area contributed by atoms with Crippen molar-refractivity contribution in [2.75, 3.05) is 13.1 Å². The van der Waals surface area contributed by atoms with Crippen molar-refractivity contribution in [3.8, 4) is 5.69 Å². The molecule has 28 heavy (non-hydrogen) atoms. The minimum Gasteiger partial charge on any atom is -0.481 e. The number of halogens is 1. The van der Waals surface area contributed by atoms with Crippen LogP contribution in [0.1, 0.15) is 47.1 Å². The quantitative estimate of drug-likeness (QED) is 0.881. The zero-order chi connectivity index (χ0) is 20.0. The predicted molar refractivity (Wildman–Crippen MR) is 101 cm³/mol. The van der Waals surface area contributed by atoms with Gasteiger partial charge >= 0.3 is 5.97 Å². The second kappa shape index (κ2) is 7.04. The molecule has 1 aliphatic carbocycles. The first-order valence-electron chi connectivity index (χ1n) is 9.76. The van der Waals surface area contributed by atoms with Crippen LogP contribution in [0.5, 0.6) is 0 Å². The van der Waals surface area contributed by atoms with Gasteiger partial charge in [0, 0.05) is 24.3 Å². The van der Waals surface area contributed by atoms with Gasteiger partial charge in [0.05, 0.1) is 5.92 Å². The summed E-state index contributed by atoms with van der Waals surface area (Å²) < 4.78 is 16.0. The molecule has 0 bridgehead atoms. The van der Waals surface area contributed by atoms with Crippen LogP contribution in [-0.2, 0) is 17.6 Å². The number of aliphatic carboxylic acids is 1. The van der Waals surface area contributed by atoms with E-state index in [0.29, 0.717) is 30.9 Å². The number of rotatable bonds is 3. The maximum atomic E-state index is 14.4.